The second kappa shape index (κ2) is 6.28. The Morgan fingerprint density at radius 3 is 2.30 bits per heavy atom. The number of anilines is 1. The maximum Gasteiger partial charge on any atom is 0.219 e. The van der Waals surface area contributed by atoms with Crippen LogP contribution in [-0.2, 0) is 5.41 Å². The van der Waals surface area contributed by atoms with Gasteiger partial charge < -0.3 is 5.73 Å². The van der Waals surface area contributed by atoms with Crippen LogP contribution in [-0.4, -0.2) is 25.1 Å². The van der Waals surface area contributed by atoms with Crippen molar-refractivity contribution in [1.29, 1.82) is 0 Å². The fourth-order valence-electron chi connectivity index (χ4n) is 3.64. The normalized spacial score (nSPS) is 15.4. The summed E-state index contributed by atoms with van der Waals surface area (Å²) in [5.74, 6) is 0.293. The van der Waals surface area contributed by atoms with Crippen LogP contribution in [0.4, 0.5) is 5.95 Å². The van der Waals surface area contributed by atoms with Gasteiger partial charge in [0.15, 0.2) is 0 Å². The highest BCUT2D eigenvalue weighted by atomic mass is 32.1. The molecule has 6 nitrogen and oxygen atoms in total. The first-order valence-electron chi connectivity index (χ1n) is 8.88. The molecule has 27 heavy (non-hydrogen) atoms. The number of nitrogens with one attached hydrogen (secondary N) is 1. The predicted octanol–water partition coefficient (Wildman–Crippen LogP) is 4.04. The van der Waals surface area contributed by atoms with Crippen molar-refractivity contribution in [3.63, 3.8) is 0 Å². The topological polar surface area (TPSA) is 93.4 Å². The van der Waals surface area contributed by atoms with E-state index in [0.29, 0.717) is 5.95 Å². The largest absolute Gasteiger partial charge is 0.368 e. The molecule has 1 saturated carbocycles. The number of hydrogen-bond donors (Lipinski definition) is 2. The zero-order valence-corrected chi connectivity index (χ0v) is 15.4. The van der Waals surface area contributed by atoms with Gasteiger partial charge in [-0.15, -0.1) is 11.3 Å². The Bertz CT molecular complexity index is 1050. The van der Waals surface area contributed by atoms with Gasteiger partial charge in [-0.2, -0.15) is 5.10 Å². The van der Waals surface area contributed by atoms with E-state index in [4.69, 9.17) is 10.7 Å². The fraction of sp³-hybridized carbons (Fsp3) is 0.200. The highest BCUT2D eigenvalue weighted by Gasteiger charge is 2.42. The van der Waals surface area contributed by atoms with Gasteiger partial charge in [-0.1, -0.05) is 30.7 Å². The van der Waals surface area contributed by atoms with E-state index in [1.54, 1.807) is 23.7 Å². The molecule has 1 aliphatic rings. The summed E-state index contributed by atoms with van der Waals surface area (Å²) in [7, 11) is 0. The quantitative estimate of drug-likeness (QED) is 0.562. The number of thiazole rings is 1. The van der Waals surface area contributed by atoms with Crippen LogP contribution in [0, 0.1) is 0 Å². The highest BCUT2D eigenvalue weighted by Crippen LogP contribution is 2.51. The van der Waals surface area contributed by atoms with Crippen molar-refractivity contribution >= 4 is 17.3 Å². The second-order valence-corrected chi connectivity index (χ2v) is 7.89. The number of benzene rings is 1. The number of hydrogen-bond acceptors (Lipinski definition) is 6. The van der Waals surface area contributed by atoms with E-state index in [1.165, 1.54) is 17.0 Å². The molecule has 3 aromatic heterocycles. The van der Waals surface area contributed by atoms with E-state index in [9.17, 15) is 0 Å². The number of rotatable bonds is 4. The molecule has 0 bridgehead atoms. The minimum Gasteiger partial charge on any atom is -0.368 e. The maximum absolute atomic E-state index is 5.58. The molecule has 3 heterocycles. The first-order chi connectivity index (χ1) is 13.2. The number of nitrogens with zero attached hydrogens (tertiary/aromatic N) is 4. The first kappa shape index (κ1) is 16.1. The van der Waals surface area contributed by atoms with E-state index >= 15 is 0 Å². The number of nitrogens with two attached hydrogens (primary N) is 1. The average molecular weight is 374 g/mol. The van der Waals surface area contributed by atoms with Gasteiger partial charge in [0.1, 0.15) is 5.01 Å². The molecular formula is C20H18N6S. The molecule has 0 atom stereocenters. The molecule has 0 aliphatic heterocycles. The molecule has 0 saturated heterocycles. The molecule has 0 unspecified atom stereocenters. The van der Waals surface area contributed by atoms with Crippen LogP contribution in [0.15, 0.2) is 55.2 Å². The summed E-state index contributed by atoms with van der Waals surface area (Å²) in [5, 5.41) is 8.10. The zero-order valence-electron chi connectivity index (χ0n) is 14.6. The Labute approximate surface area is 160 Å². The smallest absolute Gasteiger partial charge is 0.219 e. The maximum atomic E-state index is 5.58. The van der Waals surface area contributed by atoms with Gasteiger partial charge in [-0.25, -0.2) is 15.0 Å². The summed E-state index contributed by atoms with van der Waals surface area (Å²) in [5.41, 5.74) is 10.1. The number of aromatic nitrogens is 5. The Morgan fingerprint density at radius 2 is 1.67 bits per heavy atom. The second-order valence-electron chi connectivity index (χ2n) is 6.86. The molecule has 1 aliphatic carbocycles. The Hall–Kier alpha value is -3.06. The minimum absolute atomic E-state index is 0.0306. The predicted molar refractivity (Wildman–Crippen MR) is 106 cm³/mol. The van der Waals surface area contributed by atoms with Crippen molar-refractivity contribution in [3.8, 4) is 21.6 Å². The summed E-state index contributed by atoms with van der Waals surface area (Å²) in [4.78, 5) is 14.1. The van der Waals surface area contributed by atoms with Crippen LogP contribution in [0.1, 0.15) is 29.8 Å². The van der Waals surface area contributed by atoms with Gasteiger partial charge in [0.05, 0.1) is 11.1 Å². The summed E-state index contributed by atoms with van der Waals surface area (Å²) >= 11 is 1.77. The van der Waals surface area contributed by atoms with Crippen LogP contribution in [0.5, 0.6) is 0 Å². The number of H-pyrrole nitrogens is 1. The Balaban J connectivity index is 1.47. The zero-order chi connectivity index (χ0) is 18.3. The fourth-order valence-corrected chi connectivity index (χ4v) is 4.81. The monoisotopic (exact) mass is 374 g/mol. The van der Waals surface area contributed by atoms with E-state index < -0.39 is 0 Å². The van der Waals surface area contributed by atoms with Crippen molar-refractivity contribution in [2.45, 2.75) is 24.7 Å². The molecule has 5 rings (SSSR count). The lowest BCUT2D eigenvalue weighted by Gasteiger charge is -2.40. The third-order valence-corrected chi connectivity index (χ3v) is 6.60. The summed E-state index contributed by atoms with van der Waals surface area (Å²) in [6, 6.07) is 8.69. The van der Waals surface area contributed by atoms with Crippen molar-refractivity contribution in [2.75, 3.05) is 5.73 Å². The van der Waals surface area contributed by atoms with E-state index in [0.717, 1.165) is 34.4 Å². The van der Waals surface area contributed by atoms with Gasteiger partial charge in [0.2, 0.25) is 5.95 Å². The average Bonchev–Trinajstić information content (AvgIpc) is 3.34. The van der Waals surface area contributed by atoms with Crippen LogP contribution in [0.25, 0.3) is 21.6 Å². The highest BCUT2D eigenvalue weighted by molar-refractivity contribution is 7.15. The Morgan fingerprint density at radius 1 is 0.889 bits per heavy atom. The van der Waals surface area contributed by atoms with Gasteiger partial charge in [0.25, 0.3) is 0 Å². The van der Waals surface area contributed by atoms with E-state index in [-0.39, 0.29) is 5.41 Å². The molecule has 3 N–H and O–H groups in total. The molecule has 1 aromatic carbocycles. The SMILES string of the molecule is Nc1ncc(-c2ccc(C3(c4ncc(-c5cn[nH]c5)s4)CCC3)cc2)cn1. The standard InChI is InChI=1S/C20H18N6S/c21-19-23-8-14(9-24-19)13-2-4-16(5-3-13)20(6-1-7-20)18-22-12-17(27-18)15-10-25-26-11-15/h2-5,8-12H,1,6-7H2,(H,25,26)(H2,21,23,24). The van der Waals surface area contributed by atoms with Crippen LogP contribution in [0.2, 0.25) is 0 Å². The lowest BCUT2D eigenvalue weighted by atomic mass is 9.65. The molecule has 134 valence electrons. The number of nitrogen functional groups attached to an aromatic ring is 1. The lowest BCUT2D eigenvalue weighted by molar-refractivity contribution is 0.300. The third kappa shape index (κ3) is 2.71. The third-order valence-electron chi connectivity index (χ3n) is 5.35. The molecular weight excluding hydrogens is 356 g/mol. The molecule has 7 heteroatoms. The van der Waals surface area contributed by atoms with Gasteiger partial charge in [-0.3, -0.25) is 5.10 Å². The van der Waals surface area contributed by atoms with E-state index in [1.807, 2.05) is 18.6 Å². The summed E-state index contributed by atoms with van der Waals surface area (Å²) < 4.78 is 0. The summed E-state index contributed by atoms with van der Waals surface area (Å²) in [6.07, 6.45) is 12.7. The summed E-state index contributed by atoms with van der Waals surface area (Å²) in [6.45, 7) is 0. The van der Waals surface area contributed by atoms with Gasteiger partial charge >= 0.3 is 0 Å². The molecule has 0 spiro atoms. The van der Waals surface area contributed by atoms with Crippen molar-refractivity contribution < 1.29 is 0 Å². The van der Waals surface area contributed by atoms with Crippen LogP contribution >= 0.6 is 11.3 Å². The van der Waals surface area contributed by atoms with Gasteiger partial charge in [-0.05, 0) is 24.0 Å². The van der Waals surface area contributed by atoms with Crippen molar-refractivity contribution in [3.05, 3.63) is 65.8 Å². The van der Waals surface area contributed by atoms with E-state index in [2.05, 4.69) is 44.4 Å². The minimum atomic E-state index is 0.0306. The van der Waals surface area contributed by atoms with Gasteiger partial charge in [0, 0.05) is 41.3 Å². The molecule has 4 aromatic rings. The van der Waals surface area contributed by atoms with Crippen LogP contribution < -0.4 is 5.73 Å². The van der Waals surface area contributed by atoms with Crippen molar-refractivity contribution in [1.82, 2.24) is 25.1 Å². The first-order valence-corrected chi connectivity index (χ1v) is 9.70. The molecule has 0 amide bonds. The number of aromatic amines is 1. The molecule has 0 radical (unpaired) electrons. The van der Waals surface area contributed by atoms with Crippen LogP contribution in [0.3, 0.4) is 0 Å². The molecule has 1 fully saturated rings. The lowest BCUT2D eigenvalue weighted by Crippen LogP contribution is -2.35. The Kier molecular flexibility index (Phi) is 3.75. The van der Waals surface area contributed by atoms with Crippen molar-refractivity contribution in [2.24, 2.45) is 0 Å².